The van der Waals surface area contributed by atoms with Crippen molar-refractivity contribution in [1.82, 2.24) is 9.88 Å². The lowest BCUT2D eigenvalue weighted by Gasteiger charge is -2.48. The summed E-state index contributed by atoms with van der Waals surface area (Å²) in [6.07, 6.45) is 2.24. The van der Waals surface area contributed by atoms with Crippen molar-refractivity contribution in [2.45, 2.75) is 24.5 Å². The molecule has 0 amide bonds. The number of aromatic amines is 1. The monoisotopic (exact) mass is 566 g/mol. The second-order valence-electron chi connectivity index (χ2n) is 10.7. The number of nitrogens with zero attached hydrogens (tertiary/aromatic N) is 1. The molecule has 0 radical (unpaired) electrons. The van der Waals surface area contributed by atoms with Gasteiger partial charge in [-0.25, -0.2) is 0 Å². The van der Waals surface area contributed by atoms with E-state index in [0.717, 1.165) is 38.7 Å². The maximum Gasteiger partial charge on any atom is 0.321 e. The van der Waals surface area contributed by atoms with E-state index in [2.05, 4.69) is 46.3 Å². The van der Waals surface area contributed by atoms with E-state index in [4.69, 9.17) is 4.74 Å². The molecule has 0 aliphatic carbocycles. The molecule has 0 saturated heterocycles. The Hall–Kier alpha value is -5.13. The van der Waals surface area contributed by atoms with Crippen LogP contribution >= 0.6 is 0 Å². The van der Waals surface area contributed by atoms with E-state index in [-0.39, 0.29) is 0 Å². The number of fused-ring (bicyclic) bond motifs is 1. The van der Waals surface area contributed by atoms with Gasteiger partial charge in [0.2, 0.25) is 0 Å². The highest BCUT2D eigenvalue weighted by Crippen LogP contribution is 2.45. The van der Waals surface area contributed by atoms with E-state index >= 15 is 0 Å². The Kier molecular flexibility index (Phi) is 8.07. The number of carboxylic acid groups (broad SMARTS) is 1. The second kappa shape index (κ2) is 12.4. The van der Waals surface area contributed by atoms with Crippen LogP contribution in [-0.4, -0.2) is 34.1 Å². The van der Waals surface area contributed by atoms with Gasteiger partial charge >= 0.3 is 5.97 Å². The van der Waals surface area contributed by atoms with E-state index in [0.29, 0.717) is 18.7 Å². The molecule has 2 N–H and O–H groups in total. The fraction of sp³-hybridized carbons (Fsp3) is 0.132. The number of hydrogen-bond acceptors (Lipinski definition) is 3. The Balaban J connectivity index is 1.66. The molecule has 6 aromatic rings. The summed E-state index contributed by atoms with van der Waals surface area (Å²) in [5, 5.41) is 12.2. The lowest BCUT2D eigenvalue weighted by molar-refractivity contribution is -0.145. The Labute approximate surface area is 252 Å². The summed E-state index contributed by atoms with van der Waals surface area (Å²) < 4.78 is 5.80. The van der Waals surface area contributed by atoms with E-state index < -0.39 is 17.6 Å². The minimum atomic E-state index is -0.959. The van der Waals surface area contributed by atoms with Gasteiger partial charge in [0.1, 0.15) is 11.8 Å². The highest BCUT2D eigenvalue weighted by molar-refractivity contribution is 5.84. The number of H-pyrrole nitrogens is 1. The molecule has 1 atom stereocenters. The molecular formula is C38H34N2O3. The molecule has 1 heterocycles. The SMILES string of the molecule is COc1ccccc1CN(C(Cc1c[nH]c2ccccc12)C(=O)O)C(c1ccccc1)(c1ccccc1)c1ccccc1. The fourth-order valence-corrected chi connectivity index (χ4v) is 6.35. The first-order valence-electron chi connectivity index (χ1n) is 14.5. The minimum absolute atomic E-state index is 0.294. The number of ether oxygens (including phenoxy) is 1. The third-order valence-electron chi connectivity index (χ3n) is 8.29. The normalized spacial score (nSPS) is 12.3. The van der Waals surface area contributed by atoms with Gasteiger partial charge < -0.3 is 14.8 Å². The molecule has 214 valence electrons. The van der Waals surface area contributed by atoms with Gasteiger partial charge in [-0.05, 0) is 34.4 Å². The van der Waals surface area contributed by atoms with Crippen LogP contribution in [-0.2, 0) is 23.3 Å². The summed E-state index contributed by atoms with van der Waals surface area (Å²) in [5.74, 6) is -0.181. The van der Waals surface area contributed by atoms with Crippen LogP contribution in [0, 0.1) is 0 Å². The number of rotatable bonds is 11. The van der Waals surface area contributed by atoms with Gasteiger partial charge in [-0.2, -0.15) is 0 Å². The van der Waals surface area contributed by atoms with Crippen LogP contribution in [0.4, 0.5) is 0 Å². The van der Waals surface area contributed by atoms with Crippen LogP contribution in [0.2, 0.25) is 0 Å². The summed E-state index contributed by atoms with van der Waals surface area (Å²) in [6.45, 7) is 0.321. The van der Waals surface area contributed by atoms with Crippen molar-refractivity contribution < 1.29 is 14.6 Å². The molecule has 1 aromatic heterocycles. The van der Waals surface area contributed by atoms with Gasteiger partial charge in [0, 0.05) is 35.6 Å². The number of hydrogen-bond donors (Lipinski definition) is 2. The number of para-hydroxylation sites is 2. The second-order valence-corrected chi connectivity index (χ2v) is 10.7. The zero-order chi connectivity index (χ0) is 29.6. The number of methoxy groups -OCH3 is 1. The molecule has 0 spiro atoms. The van der Waals surface area contributed by atoms with E-state index in [9.17, 15) is 9.90 Å². The molecule has 0 aliphatic rings. The van der Waals surface area contributed by atoms with Gasteiger partial charge in [-0.3, -0.25) is 9.69 Å². The molecule has 5 heteroatoms. The van der Waals surface area contributed by atoms with Crippen molar-refractivity contribution in [3.05, 3.63) is 174 Å². The Morgan fingerprint density at radius 3 is 1.79 bits per heavy atom. The number of aromatic nitrogens is 1. The van der Waals surface area contributed by atoms with Crippen LogP contribution in [0.3, 0.4) is 0 Å². The van der Waals surface area contributed by atoms with Gasteiger partial charge in [-0.1, -0.05) is 127 Å². The molecule has 1 unspecified atom stereocenters. The molecule has 43 heavy (non-hydrogen) atoms. The van der Waals surface area contributed by atoms with Crippen molar-refractivity contribution in [1.29, 1.82) is 0 Å². The van der Waals surface area contributed by atoms with E-state index in [1.807, 2.05) is 109 Å². The molecule has 5 nitrogen and oxygen atoms in total. The van der Waals surface area contributed by atoms with Gasteiger partial charge in [0.15, 0.2) is 0 Å². The Morgan fingerprint density at radius 1 is 0.721 bits per heavy atom. The van der Waals surface area contributed by atoms with Gasteiger partial charge in [0.25, 0.3) is 0 Å². The number of nitrogens with one attached hydrogen (secondary N) is 1. The quantitative estimate of drug-likeness (QED) is 0.158. The first kappa shape index (κ1) is 28.0. The number of carbonyl (C=O) groups is 1. The summed E-state index contributed by atoms with van der Waals surface area (Å²) in [6, 6.07) is 45.7. The molecule has 5 aromatic carbocycles. The topological polar surface area (TPSA) is 65.6 Å². The van der Waals surface area contributed by atoms with Crippen molar-refractivity contribution in [2.75, 3.05) is 7.11 Å². The fourth-order valence-electron chi connectivity index (χ4n) is 6.35. The van der Waals surface area contributed by atoms with Crippen LogP contribution < -0.4 is 4.74 Å². The van der Waals surface area contributed by atoms with Crippen molar-refractivity contribution in [3.63, 3.8) is 0 Å². The van der Waals surface area contributed by atoms with E-state index in [1.54, 1.807) is 7.11 Å². The Morgan fingerprint density at radius 2 is 1.23 bits per heavy atom. The van der Waals surface area contributed by atoms with Crippen molar-refractivity contribution in [3.8, 4) is 5.75 Å². The largest absolute Gasteiger partial charge is 0.496 e. The molecular weight excluding hydrogens is 532 g/mol. The van der Waals surface area contributed by atoms with Crippen molar-refractivity contribution >= 4 is 16.9 Å². The number of benzene rings is 5. The third-order valence-corrected chi connectivity index (χ3v) is 8.29. The average Bonchev–Trinajstić information content (AvgIpc) is 3.48. The first-order valence-corrected chi connectivity index (χ1v) is 14.5. The smallest absolute Gasteiger partial charge is 0.321 e. The highest BCUT2D eigenvalue weighted by Gasteiger charge is 2.47. The summed E-state index contributed by atoms with van der Waals surface area (Å²) in [5.41, 5.74) is 4.82. The summed E-state index contributed by atoms with van der Waals surface area (Å²) in [4.78, 5) is 19.1. The lowest BCUT2D eigenvalue weighted by atomic mass is 9.74. The Bertz CT molecular complexity index is 1700. The number of aliphatic carboxylic acids is 1. The van der Waals surface area contributed by atoms with Crippen LogP contribution in [0.25, 0.3) is 10.9 Å². The van der Waals surface area contributed by atoms with Crippen LogP contribution in [0.5, 0.6) is 5.75 Å². The predicted octanol–water partition coefficient (Wildman–Crippen LogP) is 7.67. The average molecular weight is 567 g/mol. The molecule has 0 bridgehead atoms. The van der Waals surface area contributed by atoms with Crippen molar-refractivity contribution in [2.24, 2.45) is 0 Å². The maximum absolute atomic E-state index is 13.6. The zero-order valence-corrected chi connectivity index (χ0v) is 24.1. The third kappa shape index (κ3) is 5.31. The minimum Gasteiger partial charge on any atom is -0.496 e. The molecule has 6 rings (SSSR count). The maximum atomic E-state index is 13.6. The summed E-state index contributed by atoms with van der Waals surface area (Å²) >= 11 is 0. The zero-order valence-electron chi connectivity index (χ0n) is 24.1. The van der Waals surface area contributed by atoms with Crippen LogP contribution in [0.15, 0.2) is 146 Å². The molecule has 0 saturated carbocycles. The van der Waals surface area contributed by atoms with E-state index in [1.165, 1.54) is 0 Å². The molecule has 0 fully saturated rings. The summed E-state index contributed by atoms with van der Waals surface area (Å²) in [7, 11) is 1.66. The lowest BCUT2D eigenvalue weighted by Crippen LogP contribution is -2.56. The van der Waals surface area contributed by atoms with Crippen LogP contribution in [0.1, 0.15) is 27.8 Å². The predicted molar refractivity (Wildman–Crippen MR) is 171 cm³/mol. The number of carboxylic acids is 1. The first-order chi connectivity index (χ1) is 21.1. The molecule has 0 aliphatic heterocycles. The van der Waals surface area contributed by atoms with Gasteiger partial charge in [0.05, 0.1) is 12.6 Å². The highest BCUT2D eigenvalue weighted by atomic mass is 16.5. The van der Waals surface area contributed by atoms with Gasteiger partial charge in [-0.15, -0.1) is 0 Å². The standard InChI is InChI=1S/C38H34N2O3/c1-43-36-24-14-11-15-28(36)27-40(35(37(41)42)25-29-26-39-34-23-13-12-22-33(29)34)38(30-16-5-2-6-17-30,31-18-7-3-8-19-31)32-20-9-4-10-21-32/h2-24,26,35,39H,25,27H2,1H3,(H,41,42).